The van der Waals surface area contributed by atoms with Gasteiger partial charge in [0.25, 0.3) is 0 Å². The van der Waals surface area contributed by atoms with Gasteiger partial charge in [0.1, 0.15) is 12.3 Å². The number of alkyl carbamates (subject to hydrolysis) is 1. The Bertz CT molecular complexity index is 830. The average Bonchev–Trinajstić information content (AvgIpc) is 2.78. The molecule has 0 spiro atoms. The smallest absolute Gasteiger partial charge is 0.407 e. The van der Waals surface area contributed by atoms with Gasteiger partial charge in [-0.2, -0.15) is 0 Å². The molecule has 3 rings (SSSR count). The summed E-state index contributed by atoms with van der Waals surface area (Å²) in [5.41, 5.74) is 2.04. The Morgan fingerprint density at radius 3 is 2.72 bits per heavy atom. The number of ether oxygens (including phenoxy) is 3. The van der Waals surface area contributed by atoms with Gasteiger partial charge in [-0.05, 0) is 24.1 Å². The zero-order valence-corrected chi connectivity index (χ0v) is 16.5. The third-order valence-electron chi connectivity index (χ3n) is 4.88. The lowest BCUT2D eigenvalue weighted by atomic mass is 10.0. The summed E-state index contributed by atoms with van der Waals surface area (Å²) >= 11 is 0. The van der Waals surface area contributed by atoms with Crippen LogP contribution in [0.1, 0.15) is 22.5 Å². The van der Waals surface area contributed by atoms with Crippen LogP contribution in [0.4, 0.5) is 10.5 Å². The molecule has 1 saturated heterocycles. The van der Waals surface area contributed by atoms with E-state index in [1.54, 1.807) is 19.4 Å². The molecule has 0 saturated carbocycles. The molecule has 0 aliphatic carbocycles. The van der Waals surface area contributed by atoms with E-state index in [2.05, 4.69) is 15.2 Å². The molecule has 1 amide bonds. The van der Waals surface area contributed by atoms with Crippen molar-refractivity contribution in [1.29, 1.82) is 0 Å². The van der Waals surface area contributed by atoms with Crippen molar-refractivity contribution in [3.8, 4) is 0 Å². The van der Waals surface area contributed by atoms with Gasteiger partial charge in [-0.1, -0.05) is 30.3 Å². The van der Waals surface area contributed by atoms with Crippen LogP contribution in [0.5, 0.6) is 0 Å². The molecule has 2 heterocycles. The van der Waals surface area contributed by atoms with E-state index in [4.69, 9.17) is 14.2 Å². The largest absolute Gasteiger partial charge is 0.464 e. The average molecular weight is 399 g/mol. The van der Waals surface area contributed by atoms with Gasteiger partial charge in [0.15, 0.2) is 0 Å². The zero-order chi connectivity index (χ0) is 20.6. The van der Waals surface area contributed by atoms with E-state index in [-0.39, 0.29) is 24.4 Å². The van der Waals surface area contributed by atoms with Crippen LogP contribution in [0.25, 0.3) is 0 Å². The van der Waals surface area contributed by atoms with Crippen LogP contribution in [0.15, 0.2) is 48.7 Å². The molecule has 29 heavy (non-hydrogen) atoms. The SMILES string of the molecule is COC(=O)c1cc(N2CC[C@H](NC(=O)OCc3ccccc3)[C@H](OC)C2)ccn1. The predicted octanol–water partition coefficient (Wildman–Crippen LogP) is 2.39. The Morgan fingerprint density at radius 2 is 2.00 bits per heavy atom. The lowest BCUT2D eigenvalue weighted by molar-refractivity contribution is 0.0545. The summed E-state index contributed by atoms with van der Waals surface area (Å²) in [7, 11) is 2.94. The lowest BCUT2D eigenvalue weighted by Crippen LogP contribution is -2.55. The molecule has 0 unspecified atom stereocenters. The van der Waals surface area contributed by atoms with E-state index in [0.29, 0.717) is 19.5 Å². The van der Waals surface area contributed by atoms with Gasteiger partial charge < -0.3 is 24.4 Å². The Labute approximate surface area is 169 Å². The van der Waals surface area contributed by atoms with Crippen LogP contribution in [-0.2, 0) is 20.8 Å². The molecule has 1 fully saturated rings. The molecular weight excluding hydrogens is 374 g/mol. The van der Waals surface area contributed by atoms with Gasteiger partial charge in [-0.25, -0.2) is 14.6 Å². The molecule has 1 aromatic heterocycles. The fourth-order valence-corrected chi connectivity index (χ4v) is 3.30. The second-order valence-corrected chi connectivity index (χ2v) is 6.71. The van der Waals surface area contributed by atoms with Crippen LogP contribution in [0.3, 0.4) is 0 Å². The molecule has 0 bridgehead atoms. The van der Waals surface area contributed by atoms with Crippen molar-refractivity contribution in [3.05, 3.63) is 59.9 Å². The first-order valence-corrected chi connectivity index (χ1v) is 9.40. The predicted molar refractivity (Wildman–Crippen MR) is 107 cm³/mol. The van der Waals surface area contributed by atoms with Crippen LogP contribution in [-0.4, -0.2) is 56.5 Å². The van der Waals surface area contributed by atoms with Gasteiger partial charge in [0.2, 0.25) is 0 Å². The highest BCUT2D eigenvalue weighted by atomic mass is 16.5. The number of aromatic nitrogens is 1. The number of nitrogens with one attached hydrogen (secondary N) is 1. The molecule has 1 N–H and O–H groups in total. The summed E-state index contributed by atoms with van der Waals surface area (Å²) in [5.74, 6) is -0.479. The fraction of sp³-hybridized carbons (Fsp3) is 0.381. The van der Waals surface area contributed by atoms with Gasteiger partial charge in [0.05, 0.1) is 19.3 Å². The zero-order valence-electron chi connectivity index (χ0n) is 16.5. The van der Waals surface area contributed by atoms with Crippen molar-refractivity contribution < 1.29 is 23.8 Å². The maximum atomic E-state index is 12.2. The van der Waals surface area contributed by atoms with Crippen molar-refractivity contribution >= 4 is 17.7 Å². The monoisotopic (exact) mass is 399 g/mol. The summed E-state index contributed by atoms with van der Waals surface area (Å²) in [6.45, 7) is 1.47. The van der Waals surface area contributed by atoms with E-state index in [0.717, 1.165) is 11.3 Å². The molecule has 154 valence electrons. The van der Waals surface area contributed by atoms with Crippen LogP contribution in [0, 0.1) is 0 Å². The number of carbonyl (C=O) groups is 2. The third kappa shape index (κ3) is 5.45. The van der Waals surface area contributed by atoms with Crippen molar-refractivity contribution in [3.63, 3.8) is 0 Å². The Hall–Kier alpha value is -3.13. The van der Waals surface area contributed by atoms with E-state index in [1.165, 1.54) is 7.11 Å². The number of anilines is 1. The van der Waals surface area contributed by atoms with E-state index in [9.17, 15) is 9.59 Å². The third-order valence-corrected chi connectivity index (χ3v) is 4.88. The number of rotatable bonds is 6. The molecule has 1 aromatic carbocycles. The number of pyridine rings is 1. The standard InChI is InChI=1S/C21H25N3O5/c1-27-19-13-24(16-8-10-22-18(12-16)20(25)28-2)11-9-17(19)23-21(26)29-14-15-6-4-3-5-7-15/h3-8,10,12,17,19H,9,11,13-14H2,1-2H3,(H,23,26)/t17-,19+/m0/s1. The number of hydrogen-bond donors (Lipinski definition) is 1. The van der Waals surface area contributed by atoms with Gasteiger partial charge in [-0.3, -0.25) is 0 Å². The number of nitrogens with zero attached hydrogens (tertiary/aromatic N) is 2. The van der Waals surface area contributed by atoms with Crippen molar-refractivity contribution in [2.24, 2.45) is 0 Å². The first-order valence-electron chi connectivity index (χ1n) is 9.40. The second-order valence-electron chi connectivity index (χ2n) is 6.71. The molecule has 1 aliphatic heterocycles. The maximum absolute atomic E-state index is 12.2. The highest BCUT2D eigenvalue weighted by Gasteiger charge is 2.31. The van der Waals surface area contributed by atoms with Crippen LogP contribution >= 0.6 is 0 Å². The summed E-state index contributed by atoms with van der Waals surface area (Å²) in [4.78, 5) is 30.0. The van der Waals surface area contributed by atoms with Crippen molar-refractivity contribution in [1.82, 2.24) is 10.3 Å². The number of carbonyl (C=O) groups excluding carboxylic acids is 2. The molecule has 2 aromatic rings. The Kier molecular flexibility index (Phi) is 7.02. The second kappa shape index (κ2) is 9.88. The minimum Gasteiger partial charge on any atom is -0.464 e. The van der Waals surface area contributed by atoms with Crippen molar-refractivity contribution in [2.45, 2.75) is 25.2 Å². The minimum absolute atomic E-state index is 0.165. The van der Waals surface area contributed by atoms with Crippen LogP contribution in [0.2, 0.25) is 0 Å². The van der Waals surface area contributed by atoms with Gasteiger partial charge in [-0.15, -0.1) is 0 Å². The number of benzene rings is 1. The molecule has 2 atom stereocenters. The minimum atomic E-state index is -0.479. The van der Waals surface area contributed by atoms with Crippen LogP contribution < -0.4 is 10.2 Å². The normalized spacial score (nSPS) is 18.8. The number of amides is 1. The number of hydrogen-bond acceptors (Lipinski definition) is 7. The first-order chi connectivity index (χ1) is 14.1. The number of methoxy groups -OCH3 is 2. The maximum Gasteiger partial charge on any atom is 0.407 e. The highest BCUT2D eigenvalue weighted by molar-refractivity contribution is 5.88. The molecule has 1 aliphatic rings. The Balaban J connectivity index is 1.56. The lowest BCUT2D eigenvalue weighted by Gasteiger charge is -2.39. The molecule has 8 nitrogen and oxygen atoms in total. The molecular formula is C21H25N3O5. The summed E-state index contributed by atoms with van der Waals surface area (Å²) in [6, 6.07) is 12.9. The summed E-state index contributed by atoms with van der Waals surface area (Å²) in [6.07, 6.45) is 1.57. The fourth-order valence-electron chi connectivity index (χ4n) is 3.30. The van der Waals surface area contributed by atoms with E-state index < -0.39 is 12.1 Å². The van der Waals surface area contributed by atoms with E-state index in [1.807, 2.05) is 36.4 Å². The topological polar surface area (TPSA) is 90.0 Å². The van der Waals surface area contributed by atoms with Gasteiger partial charge in [0, 0.05) is 32.1 Å². The number of esters is 1. The van der Waals surface area contributed by atoms with Crippen molar-refractivity contribution in [2.75, 3.05) is 32.2 Å². The van der Waals surface area contributed by atoms with Gasteiger partial charge >= 0.3 is 12.1 Å². The van der Waals surface area contributed by atoms with E-state index >= 15 is 0 Å². The molecule has 0 radical (unpaired) electrons. The summed E-state index contributed by atoms with van der Waals surface area (Å²) in [5, 5.41) is 2.90. The number of piperidine rings is 1. The Morgan fingerprint density at radius 1 is 1.21 bits per heavy atom. The summed E-state index contributed by atoms with van der Waals surface area (Å²) < 4.78 is 15.6. The quantitative estimate of drug-likeness (QED) is 0.746. The highest BCUT2D eigenvalue weighted by Crippen LogP contribution is 2.22. The first kappa shape index (κ1) is 20.6. The molecule has 8 heteroatoms.